The number of carbonyl (C=O) groups is 1. The standard InChI is InChI=1S/C23H25N7O2.3H2/c1-15-9-19-20(29-14-28-19)10-17(15)12-26-21(31)13-30-16(2)11-27-22(23(30)32)25-8-6-18-5-3-4-7-24-18;;;/h3-5,7,9-11,14H,6,8,12-13H2,1-2H3,(H,25,27)(H,26,31)(H,28,29);3*1H. The molecule has 0 fully saturated rings. The second kappa shape index (κ2) is 9.42. The first-order valence-corrected chi connectivity index (χ1v) is 10.4. The third kappa shape index (κ3) is 4.83. The minimum atomic E-state index is -0.324. The molecule has 4 rings (SSSR count). The van der Waals surface area contributed by atoms with E-state index < -0.39 is 0 Å². The number of H-pyrrole nitrogens is 1. The molecule has 0 saturated carbocycles. The topological polar surface area (TPSA) is 118 Å². The van der Waals surface area contributed by atoms with E-state index in [4.69, 9.17) is 0 Å². The number of hydrogen-bond acceptors (Lipinski definition) is 6. The molecule has 0 bridgehead atoms. The first-order valence-electron chi connectivity index (χ1n) is 10.4. The number of hydrogen-bond donors (Lipinski definition) is 3. The van der Waals surface area contributed by atoms with E-state index in [2.05, 4.69) is 30.6 Å². The number of benzene rings is 1. The number of aromatic nitrogens is 5. The summed E-state index contributed by atoms with van der Waals surface area (Å²) < 4.78 is 1.43. The highest BCUT2D eigenvalue weighted by molar-refractivity contribution is 5.78. The Balaban J connectivity index is 0.00000204. The van der Waals surface area contributed by atoms with E-state index in [1.54, 1.807) is 25.6 Å². The van der Waals surface area contributed by atoms with E-state index in [1.165, 1.54) is 4.57 Å². The molecule has 1 amide bonds. The van der Waals surface area contributed by atoms with Gasteiger partial charge in [-0.15, -0.1) is 0 Å². The SMILES string of the molecule is Cc1cc2[nH]cnc2cc1CNC(=O)Cn1c(C)cnc(NCCc2ccccn2)c1=O.[HH].[HH].[HH]. The number of rotatable bonds is 8. The van der Waals surface area contributed by atoms with Crippen LogP contribution in [0.5, 0.6) is 0 Å². The van der Waals surface area contributed by atoms with Gasteiger partial charge < -0.3 is 15.6 Å². The zero-order valence-electron chi connectivity index (χ0n) is 18.1. The maximum absolute atomic E-state index is 12.8. The molecule has 1 aromatic carbocycles. The van der Waals surface area contributed by atoms with Gasteiger partial charge >= 0.3 is 0 Å². The van der Waals surface area contributed by atoms with Crippen LogP contribution in [0, 0.1) is 13.8 Å². The van der Waals surface area contributed by atoms with Crippen LogP contribution in [-0.2, 0) is 24.3 Å². The van der Waals surface area contributed by atoms with E-state index in [9.17, 15) is 9.59 Å². The lowest BCUT2D eigenvalue weighted by Gasteiger charge is -2.13. The minimum absolute atomic E-state index is 0. The average molecular weight is 438 g/mol. The van der Waals surface area contributed by atoms with Gasteiger partial charge in [0.15, 0.2) is 5.82 Å². The summed E-state index contributed by atoms with van der Waals surface area (Å²) in [6, 6.07) is 9.67. The highest BCUT2D eigenvalue weighted by Crippen LogP contribution is 2.16. The Morgan fingerprint density at radius 1 is 1.19 bits per heavy atom. The van der Waals surface area contributed by atoms with Crippen molar-refractivity contribution in [3.05, 3.63) is 81.9 Å². The molecule has 32 heavy (non-hydrogen) atoms. The Kier molecular flexibility index (Phi) is 6.25. The lowest BCUT2D eigenvalue weighted by atomic mass is 10.1. The summed E-state index contributed by atoms with van der Waals surface area (Å²) in [5.41, 5.74) is 5.06. The van der Waals surface area contributed by atoms with Crippen molar-refractivity contribution in [2.24, 2.45) is 0 Å². The van der Waals surface area contributed by atoms with Crippen molar-refractivity contribution in [3.8, 4) is 0 Å². The van der Waals surface area contributed by atoms with Gasteiger partial charge in [-0.2, -0.15) is 0 Å². The van der Waals surface area contributed by atoms with Crippen LogP contribution in [0.3, 0.4) is 0 Å². The molecule has 0 aliphatic rings. The van der Waals surface area contributed by atoms with Crippen LogP contribution in [0.25, 0.3) is 11.0 Å². The largest absolute Gasteiger partial charge is 0.365 e. The van der Waals surface area contributed by atoms with Gasteiger partial charge in [0.25, 0.3) is 5.56 Å². The van der Waals surface area contributed by atoms with Crippen LogP contribution in [0.1, 0.15) is 26.8 Å². The van der Waals surface area contributed by atoms with Crippen molar-refractivity contribution in [3.63, 3.8) is 0 Å². The molecule has 170 valence electrons. The zero-order chi connectivity index (χ0) is 22.5. The van der Waals surface area contributed by atoms with Gasteiger partial charge in [-0.3, -0.25) is 19.1 Å². The first kappa shape index (κ1) is 21.2. The molecule has 9 nitrogen and oxygen atoms in total. The van der Waals surface area contributed by atoms with Crippen LogP contribution >= 0.6 is 0 Å². The predicted octanol–water partition coefficient (Wildman–Crippen LogP) is 2.84. The van der Waals surface area contributed by atoms with Crippen molar-refractivity contribution in [1.29, 1.82) is 0 Å². The maximum Gasteiger partial charge on any atom is 0.293 e. The van der Waals surface area contributed by atoms with Crippen LogP contribution in [0.15, 0.2) is 53.8 Å². The smallest absolute Gasteiger partial charge is 0.293 e. The zero-order valence-corrected chi connectivity index (χ0v) is 18.1. The van der Waals surface area contributed by atoms with Crippen LogP contribution in [0.4, 0.5) is 5.82 Å². The lowest BCUT2D eigenvalue weighted by Crippen LogP contribution is -2.34. The van der Waals surface area contributed by atoms with Crippen LogP contribution < -0.4 is 16.2 Å². The van der Waals surface area contributed by atoms with Gasteiger partial charge in [0.05, 0.1) is 17.4 Å². The second-order valence-electron chi connectivity index (χ2n) is 7.61. The van der Waals surface area contributed by atoms with Crippen LogP contribution in [-0.4, -0.2) is 37.0 Å². The monoisotopic (exact) mass is 437 g/mol. The van der Waals surface area contributed by atoms with Crippen molar-refractivity contribution >= 4 is 22.8 Å². The minimum Gasteiger partial charge on any atom is -0.365 e. The summed E-state index contributed by atoms with van der Waals surface area (Å²) in [4.78, 5) is 41.2. The van der Waals surface area contributed by atoms with E-state index in [1.807, 2.05) is 37.3 Å². The number of pyridine rings is 1. The highest BCUT2D eigenvalue weighted by Gasteiger charge is 2.12. The number of carbonyl (C=O) groups excluding carboxylic acids is 1. The summed E-state index contributed by atoms with van der Waals surface area (Å²) in [6.07, 6.45) is 5.63. The number of imidazole rings is 1. The Hall–Kier alpha value is -4.01. The molecule has 0 unspecified atom stereocenters. The third-order valence-corrected chi connectivity index (χ3v) is 5.31. The normalized spacial score (nSPS) is 10.9. The number of nitrogens with one attached hydrogen (secondary N) is 3. The molecule has 0 radical (unpaired) electrons. The summed E-state index contributed by atoms with van der Waals surface area (Å²) >= 11 is 0. The van der Waals surface area contributed by atoms with Gasteiger partial charge in [-0.1, -0.05) is 6.07 Å². The third-order valence-electron chi connectivity index (χ3n) is 5.31. The van der Waals surface area contributed by atoms with Gasteiger partial charge in [0.2, 0.25) is 5.91 Å². The van der Waals surface area contributed by atoms with Gasteiger partial charge in [0.1, 0.15) is 6.54 Å². The Morgan fingerprint density at radius 3 is 2.88 bits per heavy atom. The summed E-state index contributed by atoms with van der Waals surface area (Å²) in [5, 5.41) is 5.95. The first-order chi connectivity index (χ1) is 15.5. The Morgan fingerprint density at radius 2 is 2.06 bits per heavy atom. The number of amides is 1. The van der Waals surface area contributed by atoms with E-state index >= 15 is 0 Å². The van der Waals surface area contributed by atoms with Gasteiger partial charge in [-0.25, -0.2) is 9.97 Å². The lowest BCUT2D eigenvalue weighted by molar-refractivity contribution is -0.121. The van der Waals surface area contributed by atoms with E-state index in [0.29, 0.717) is 25.2 Å². The molecule has 3 heterocycles. The Labute approximate surface area is 189 Å². The fourth-order valence-corrected chi connectivity index (χ4v) is 3.46. The van der Waals surface area contributed by atoms with Crippen molar-refractivity contribution in [1.82, 2.24) is 29.8 Å². The molecule has 0 atom stereocenters. The fourth-order valence-electron chi connectivity index (χ4n) is 3.46. The summed E-state index contributed by atoms with van der Waals surface area (Å²) in [5.74, 6) is -0.0264. The molecule has 9 heteroatoms. The van der Waals surface area contributed by atoms with Gasteiger partial charge in [-0.05, 0) is 49.2 Å². The second-order valence-corrected chi connectivity index (χ2v) is 7.61. The summed E-state index contributed by atoms with van der Waals surface area (Å²) in [7, 11) is 0. The fraction of sp³-hybridized carbons (Fsp3) is 0.261. The molecule has 0 aliphatic heterocycles. The number of aromatic amines is 1. The molecule has 0 aliphatic carbocycles. The molecular weight excluding hydrogens is 406 g/mol. The van der Waals surface area contributed by atoms with E-state index in [0.717, 1.165) is 27.9 Å². The molecule has 0 spiro atoms. The van der Waals surface area contributed by atoms with Crippen molar-refractivity contribution in [2.45, 2.75) is 33.4 Å². The van der Waals surface area contributed by atoms with Crippen LogP contribution in [0.2, 0.25) is 0 Å². The number of anilines is 1. The van der Waals surface area contributed by atoms with Gasteiger partial charge in [0, 0.05) is 47.6 Å². The quantitative estimate of drug-likeness (QED) is 0.390. The highest BCUT2D eigenvalue weighted by atomic mass is 16.2. The number of nitrogens with zero attached hydrogens (tertiary/aromatic N) is 4. The number of aryl methyl sites for hydroxylation is 2. The maximum atomic E-state index is 12.8. The Bertz CT molecular complexity index is 1310. The number of fused-ring (bicyclic) bond motifs is 1. The van der Waals surface area contributed by atoms with Crippen molar-refractivity contribution < 1.29 is 9.07 Å². The molecular formula is C23H31N7O2. The van der Waals surface area contributed by atoms with E-state index in [-0.39, 0.29) is 28.1 Å². The summed E-state index contributed by atoms with van der Waals surface area (Å²) in [6.45, 7) is 4.55. The molecule has 3 N–H and O–H groups in total. The molecule has 3 aromatic heterocycles. The molecule has 0 saturated heterocycles. The average Bonchev–Trinajstić information content (AvgIpc) is 3.24. The molecule has 4 aromatic rings. The van der Waals surface area contributed by atoms with Crippen molar-refractivity contribution in [2.75, 3.05) is 11.9 Å². The predicted molar refractivity (Wildman–Crippen MR) is 129 cm³/mol.